The third-order valence-corrected chi connectivity index (χ3v) is 1.59. The lowest BCUT2D eigenvalue weighted by molar-refractivity contribution is 0.168. The summed E-state index contributed by atoms with van der Waals surface area (Å²) in [7, 11) is 0. The van der Waals surface area contributed by atoms with Crippen LogP contribution in [0.25, 0.3) is 0 Å². The Morgan fingerprint density at radius 2 is 2.50 bits per heavy atom. The smallest absolute Gasteiger partial charge is 0.413 e. The summed E-state index contributed by atoms with van der Waals surface area (Å²) in [5.74, 6) is 0. The van der Waals surface area contributed by atoms with Crippen LogP contribution in [0.2, 0.25) is 0 Å². The van der Waals surface area contributed by atoms with Crippen LogP contribution in [0.1, 0.15) is 6.92 Å². The van der Waals surface area contributed by atoms with Gasteiger partial charge in [-0.1, -0.05) is 11.3 Å². The standard InChI is InChI=1S/C5H8N4O2S/c1-2-11-5(10)7-4-9-8-3(6)12-4/h2H2,1H3,(H2,6,8)(H,7,9,10). The third kappa shape index (κ3) is 2.35. The van der Waals surface area contributed by atoms with Crippen molar-refractivity contribution in [1.29, 1.82) is 0 Å². The predicted octanol–water partition coefficient (Wildman–Crippen LogP) is 0.689. The van der Waals surface area contributed by atoms with Crippen LogP contribution in [0.15, 0.2) is 0 Å². The molecule has 66 valence electrons. The molecule has 1 aromatic rings. The molecule has 0 aliphatic rings. The van der Waals surface area contributed by atoms with Gasteiger partial charge in [0.25, 0.3) is 0 Å². The van der Waals surface area contributed by atoms with Crippen molar-refractivity contribution in [2.45, 2.75) is 6.92 Å². The van der Waals surface area contributed by atoms with E-state index < -0.39 is 6.09 Å². The second kappa shape index (κ2) is 3.86. The highest BCUT2D eigenvalue weighted by Crippen LogP contribution is 2.16. The van der Waals surface area contributed by atoms with Gasteiger partial charge in [-0.25, -0.2) is 4.79 Å². The molecule has 0 saturated heterocycles. The number of nitrogens with one attached hydrogen (secondary N) is 1. The lowest BCUT2D eigenvalue weighted by atomic mass is 10.9. The van der Waals surface area contributed by atoms with Crippen LogP contribution in [-0.4, -0.2) is 22.9 Å². The number of carbonyl (C=O) groups is 1. The van der Waals surface area contributed by atoms with E-state index in [2.05, 4.69) is 20.3 Å². The molecular formula is C5H8N4O2S. The molecule has 7 heteroatoms. The molecule has 1 amide bonds. The fraction of sp³-hybridized carbons (Fsp3) is 0.400. The van der Waals surface area contributed by atoms with Crippen molar-refractivity contribution in [2.75, 3.05) is 17.7 Å². The van der Waals surface area contributed by atoms with Gasteiger partial charge in [0.15, 0.2) is 0 Å². The van der Waals surface area contributed by atoms with E-state index in [0.717, 1.165) is 11.3 Å². The first-order valence-electron chi connectivity index (χ1n) is 3.25. The molecule has 0 saturated carbocycles. The molecule has 1 aromatic heterocycles. The van der Waals surface area contributed by atoms with Gasteiger partial charge >= 0.3 is 6.09 Å². The lowest BCUT2D eigenvalue weighted by Gasteiger charge is -1.98. The predicted molar refractivity (Wildman–Crippen MR) is 45.0 cm³/mol. The Morgan fingerprint density at radius 1 is 1.75 bits per heavy atom. The van der Waals surface area contributed by atoms with Crippen molar-refractivity contribution in [2.24, 2.45) is 0 Å². The molecule has 0 spiro atoms. The van der Waals surface area contributed by atoms with Gasteiger partial charge in [-0.05, 0) is 6.92 Å². The van der Waals surface area contributed by atoms with Crippen LogP contribution in [0.5, 0.6) is 0 Å². The van der Waals surface area contributed by atoms with Gasteiger partial charge in [-0.3, -0.25) is 5.32 Å². The van der Waals surface area contributed by atoms with Crippen LogP contribution >= 0.6 is 11.3 Å². The minimum atomic E-state index is -0.548. The highest BCUT2D eigenvalue weighted by atomic mass is 32.1. The molecular weight excluding hydrogens is 180 g/mol. The quantitative estimate of drug-likeness (QED) is 0.712. The summed E-state index contributed by atoms with van der Waals surface area (Å²) >= 11 is 1.09. The number of hydrogen-bond donors (Lipinski definition) is 2. The van der Waals surface area contributed by atoms with E-state index in [-0.39, 0.29) is 0 Å². The summed E-state index contributed by atoms with van der Waals surface area (Å²) in [5, 5.41) is 10.1. The van der Waals surface area contributed by atoms with Crippen molar-refractivity contribution in [3.05, 3.63) is 0 Å². The molecule has 12 heavy (non-hydrogen) atoms. The topological polar surface area (TPSA) is 90.1 Å². The van der Waals surface area contributed by atoms with Crippen LogP contribution in [0.3, 0.4) is 0 Å². The Labute approximate surface area is 72.7 Å². The van der Waals surface area contributed by atoms with Crippen LogP contribution in [-0.2, 0) is 4.74 Å². The molecule has 0 aliphatic carbocycles. The highest BCUT2D eigenvalue weighted by Gasteiger charge is 2.05. The largest absolute Gasteiger partial charge is 0.450 e. The van der Waals surface area contributed by atoms with Crippen LogP contribution < -0.4 is 11.1 Å². The fourth-order valence-electron chi connectivity index (χ4n) is 0.540. The monoisotopic (exact) mass is 188 g/mol. The number of anilines is 2. The van der Waals surface area contributed by atoms with Crippen molar-refractivity contribution in [3.8, 4) is 0 Å². The number of nitrogen functional groups attached to an aromatic ring is 1. The van der Waals surface area contributed by atoms with Gasteiger partial charge in [-0.15, -0.1) is 10.2 Å². The van der Waals surface area contributed by atoms with Crippen molar-refractivity contribution in [3.63, 3.8) is 0 Å². The van der Waals surface area contributed by atoms with Crippen LogP contribution in [0.4, 0.5) is 15.1 Å². The SMILES string of the molecule is CCOC(=O)Nc1nnc(N)s1. The third-order valence-electron chi connectivity index (χ3n) is 0.925. The molecule has 0 fully saturated rings. The van der Waals surface area contributed by atoms with E-state index in [9.17, 15) is 4.79 Å². The first kappa shape index (κ1) is 8.72. The first-order valence-corrected chi connectivity index (χ1v) is 4.06. The molecule has 3 N–H and O–H groups in total. The Balaban J connectivity index is 2.46. The maximum atomic E-state index is 10.8. The van der Waals surface area contributed by atoms with Gasteiger partial charge in [0.1, 0.15) is 0 Å². The van der Waals surface area contributed by atoms with Crippen molar-refractivity contribution in [1.82, 2.24) is 10.2 Å². The number of hydrogen-bond acceptors (Lipinski definition) is 6. The molecule has 0 atom stereocenters. The van der Waals surface area contributed by atoms with E-state index >= 15 is 0 Å². The summed E-state index contributed by atoms with van der Waals surface area (Å²) < 4.78 is 4.60. The van der Waals surface area contributed by atoms with Gasteiger partial charge in [0.2, 0.25) is 10.3 Å². The number of rotatable bonds is 2. The van der Waals surface area contributed by atoms with E-state index in [0.29, 0.717) is 16.9 Å². The number of nitrogens with zero attached hydrogens (tertiary/aromatic N) is 2. The summed E-state index contributed by atoms with van der Waals surface area (Å²) in [6.45, 7) is 2.04. The zero-order chi connectivity index (χ0) is 8.97. The number of carbonyl (C=O) groups excluding carboxylic acids is 1. The Hall–Kier alpha value is -1.37. The molecule has 0 bridgehead atoms. The van der Waals surface area contributed by atoms with Gasteiger partial charge in [0, 0.05) is 0 Å². The highest BCUT2D eigenvalue weighted by molar-refractivity contribution is 7.18. The lowest BCUT2D eigenvalue weighted by Crippen LogP contribution is -2.12. The Bertz CT molecular complexity index is 274. The first-order chi connectivity index (χ1) is 5.72. The normalized spacial score (nSPS) is 9.42. The summed E-state index contributed by atoms with van der Waals surface area (Å²) in [5.41, 5.74) is 5.28. The average molecular weight is 188 g/mol. The van der Waals surface area contributed by atoms with E-state index in [4.69, 9.17) is 5.73 Å². The summed E-state index contributed by atoms with van der Waals surface area (Å²) in [4.78, 5) is 10.8. The number of nitrogens with two attached hydrogens (primary N) is 1. The summed E-state index contributed by atoms with van der Waals surface area (Å²) in [6, 6.07) is 0. The zero-order valence-corrected chi connectivity index (χ0v) is 7.22. The molecule has 6 nitrogen and oxygen atoms in total. The fourth-order valence-corrected chi connectivity index (χ4v) is 1.04. The molecule has 1 heterocycles. The molecule has 0 unspecified atom stereocenters. The zero-order valence-electron chi connectivity index (χ0n) is 6.40. The number of aromatic nitrogens is 2. The minimum Gasteiger partial charge on any atom is -0.450 e. The van der Waals surface area contributed by atoms with Gasteiger partial charge in [0.05, 0.1) is 6.61 Å². The Kier molecular flexibility index (Phi) is 2.81. The van der Waals surface area contributed by atoms with Gasteiger partial charge in [-0.2, -0.15) is 0 Å². The molecule has 0 radical (unpaired) electrons. The van der Waals surface area contributed by atoms with E-state index in [1.807, 2.05) is 0 Å². The van der Waals surface area contributed by atoms with E-state index in [1.54, 1.807) is 6.92 Å². The average Bonchev–Trinajstić information content (AvgIpc) is 2.36. The second-order valence-corrected chi connectivity index (χ2v) is 2.80. The molecule has 0 aliphatic heterocycles. The van der Waals surface area contributed by atoms with Crippen LogP contribution in [0, 0.1) is 0 Å². The van der Waals surface area contributed by atoms with Gasteiger partial charge < -0.3 is 10.5 Å². The van der Waals surface area contributed by atoms with Crippen molar-refractivity contribution >= 4 is 27.7 Å². The maximum absolute atomic E-state index is 10.8. The minimum absolute atomic E-state index is 0.307. The van der Waals surface area contributed by atoms with E-state index in [1.165, 1.54) is 0 Å². The maximum Gasteiger partial charge on any atom is 0.413 e. The number of amides is 1. The molecule has 0 aromatic carbocycles. The second-order valence-electron chi connectivity index (χ2n) is 1.79. The molecule has 1 rings (SSSR count). The Morgan fingerprint density at radius 3 is 3.00 bits per heavy atom. The van der Waals surface area contributed by atoms with Crippen molar-refractivity contribution < 1.29 is 9.53 Å². The number of ether oxygens (including phenoxy) is 1. The summed E-state index contributed by atoms with van der Waals surface area (Å²) in [6.07, 6.45) is -0.548.